The van der Waals surface area contributed by atoms with Crippen molar-refractivity contribution in [3.8, 4) is 11.1 Å². The number of hydrogen-bond donors (Lipinski definition) is 1. The molecular weight excluding hydrogens is 310 g/mol. The second-order valence-electron chi connectivity index (χ2n) is 7.60. The molecule has 0 bridgehead atoms. The summed E-state index contributed by atoms with van der Waals surface area (Å²) in [4.78, 5) is 14.8. The third kappa shape index (κ3) is 3.63. The molecule has 2 aromatic rings. The molecule has 4 rings (SSSR count). The minimum atomic E-state index is 0.359. The monoisotopic (exact) mass is 337 g/mol. The van der Waals surface area contributed by atoms with Crippen molar-refractivity contribution in [2.45, 2.75) is 50.9 Å². The molecule has 1 aliphatic heterocycles. The summed E-state index contributed by atoms with van der Waals surface area (Å²) in [5, 5.41) is 7.52. The van der Waals surface area contributed by atoms with Crippen LogP contribution < -0.4 is 0 Å². The molecule has 132 valence electrons. The molecule has 1 aromatic carbocycles. The van der Waals surface area contributed by atoms with Gasteiger partial charge in [0.05, 0.1) is 6.20 Å². The molecule has 4 nitrogen and oxygen atoms in total. The van der Waals surface area contributed by atoms with E-state index in [4.69, 9.17) is 0 Å². The topological polar surface area (TPSA) is 49.0 Å². The number of hydrogen-bond acceptors (Lipinski definition) is 2. The van der Waals surface area contributed by atoms with Crippen LogP contribution in [0, 0.1) is 5.92 Å². The third-order valence-electron chi connectivity index (χ3n) is 5.87. The lowest BCUT2D eigenvalue weighted by Gasteiger charge is -2.33. The zero-order valence-corrected chi connectivity index (χ0v) is 14.8. The van der Waals surface area contributed by atoms with Crippen LogP contribution in [0.25, 0.3) is 11.1 Å². The van der Waals surface area contributed by atoms with Gasteiger partial charge in [-0.3, -0.25) is 9.89 Å². The van der Waals surface area contributed by atoms with Crippen LogP contribution in [-0.2, 0) is 4.79 Å². The van der Waals surface area contributed by atoms with Gasteiger partial charge in [-0.1, -0.05) is 43.2 Å². The van der Waals surface area contributed by atoms with Gasteiger partial charge in [-0.2, -0.15) is 5.10 Å². The van der Waals surface area contributed by atoms with Gasteiger partial charge in [0.25, 0.3) is 0 Å². The van der Waals surface area contributed by atoms with Crippen molar-refractivity contribution in [1.82, 2.24) is 15.1 Å². The number of nitrogens with zero attached hydrogens (tertiary/aromatic N) is 2. The molecule has 1 atom stereocenters. The first kappa shape index (κ1) is 16.4. The zero-order chi connectivity index (χ0) is 17.1. The van der Waals surface area contributed by atoms with Crippen LogP contribution in [0.1, 0.15) is 56.6 Å². The molecular formula is C21H27N3O. The Hall–Kier alpha value is -2.10. The van der Waals surface area contributed by atoms with E-state index in [1.165, 1.54) is 42.5 Å². The minimum Gasteiger partial charge on any atom is -0.342 e. The number of benzene rings is 1. The second-order valence-corrected chi connectivity index (χ2v) is 7.60. The number of carbonyl (C=O) groups is 1. The highest BCUT2D eigenvalue weighted by atomic mass is 16.2. The third-order valence-corrected chi connectivity index (χ3v) is 5.87. The Morgan fingerprint density at radius 2 is 1.92 bits per heavy atom. The molecule has 1 aliphatic carbocycles. The Labute approximate surface area is 149 Å². The van der Waals surface area contributed by atoms with Crippen LogP contribution in [0.5, 0.6) is 0 Å². The fourth-order valence-electron chi connectivity index (χ4n) is 4.48. The SMILES string of the molecule is O=C(CC1CCCC1)N1CCCC(c2[nH]ncc2-c2ccccc2)C1. The molecule has 25 heavy (non-hydrogen) atoms. The summed E-state index contributed by atoms with van der Waals surface area (Å²) in [6, 6.07) is 10.4. The predicted octanol–water partition coefficient (Wildman–Crippen LogP) is 4.36. The summed E-state index contributed by atoms with van der Waals surface area (Å²) in [5.74, 6) is 1.34. The van der Waals surface area contributed by atoms with E-state index in [1.54, 1.807) is 0 Å². The highest BCUT2D eigenvalue weighted by molar-refractivity contribution is 5.77. The first-order valence-electron chi connectivity index (χ1n) is 9.67. The number of aromatic amines is 1. The molecule has 0 spiro atoms. The number of rotatable bonds is 4. The average molecular weight is 337 g/mol. The maximum absolute atomic E-state index is 12.7. The second kappa shape index (κ2) is 7.42. The van der Waals surface area contributed by atoms with Crippen molar-refractivity contribution in [1.29, 1.82) is 0 Å². The molecule has 4 heteroatoms. The van der Waals surface area contributed by atoms with E-state index >= 15 is 0 Å². The van der Waals surface area contributed by atoms with E-state index in [2.05, 4.69) is 39.4 Å². The maximum atomic E-state index is 12.7. The number of H-pyrrole nitrogens is 1. The normalized spacial score (nSPS) is 21.6. The lowest BCUT2D eigenvalue weighted by atomic mass is 9.90. The molecule has 1 N–H and O–H groups in total. The summed E-state index contributed by atoms with van der Waals surface area (Å²) < 4.78 is 0. The van der Waals surface area contributed by atoms with Gasteiger partial charge in [0.15, 0.2) is 0 Å². The Morgan fingerprint density at radius 1 is 1.12 bits per heavy atom. The lowest BCUT2D eigenvalue weighted by molar-refractivity contribution is -0.133. The smallest absolute Gasteiger partial charge is 0.222 e. The van der Waals surface area contributed by atoms with Gasteiger partial charge in [-0.15, -0.1) is 0 Å². The van der Waals surface area contributed by atoms with Gasteiger partial charge in [-0.05, 0) is 37.2 Å². The lowest BCUT2D eigenvalue weighted by Crippen LogP contribution is -2.39. The summed E-state index contributed by atoms with van der Waals surface area (Å²) >= 11 is 0. The van der Waals surface area contributed by atoms with Crippen molar-refractivity contribution in [3.05, 3.63) is 42.2 Å². The Balaban J connectivity index is 1.47. The van der Waals surface area contributed by atoms with Crippen molar-refractivity contribution >= 4 is 5.91 Å². The maximum Gasteiger partial charge on any atom is 0.222 e. The first-order valence-corrected chi connectivity index (χ1v) is 9.67. The number of piperidine rings is 1. The largest absolute Gasteiger partial charge is 0.342 e. The first-order chi connectivity index (χ1) is 12.3. The van der Waals surface area contributed by atoms with E-state index in [0.717, 1.165) is 32.4 Å². The molecule has 1 unspecified atom stereocenters. The number of aromatic nitrogens is 2. The predicted molar refractivity (Wildman–Crippen MR) is 99.2 cm³/mol. The van der Waals surface area contributed by atoms with Gasteiger partial charge < -0.3 is 4.90 Å². The van der Waals surface area contributed by atoms with Gasteiger partial charge >= 0.3 is 0 Å². The summed E-state index contributed by atoms with van der Waals surface area (Å²) in [7, 11) is 0. The summed E-state index contributed by atoms with van der Waals surface area (Å²) in [6.07, 6.45) is 9.95. The molecule has 2 aliphatic rings. The summed E-state index contributed by atoms with van der Waals surface area (Å²) in [6.45, 7) is 1.74. The van der Waals surface area contributed by atoms with E-state index in [1.807, 2.05) is 12.3 Å². The van der Waals surface area contributed by atoms with Gasteiger partial charge in [-0.25, -0.2) is 0 Å². The van der Waals surface area contributed by atoms with Crippen LogP contribution in [0.3, 0.4) is 0 Å². The molecule has 1 aromatic heterocycles. The number of amides is 1. The Morgan fingerprint density at radius 3 is 2.72 bits per heavy atom. The fourth-order valence-corrected chi connectivity index (χ4v) is 4.48. The molecule has 0 radical (unpaired) electrons. The van der Waals surface area contributed by atoms with Gasteiger partial charge in [0.1, 0.15) is 0 Å². The van der Waals surface area contributed by atoms with Crippen LogP contribution in [0.15, 0.2) is 36.5 Å². The van der Waals surface area contributed by atoms with Crippen LogP contribution in [0.4, 0.5) is 0 Å². The van der Waals surface area contributed by atoms with E-state index in [-0.39, 0.29) is 0 Å². The van der Waals surface area contributed by atoms with Crippen molar-refractivity contribution in [2.24, 2.45) is 5.92 Å². The highest BCUT2D eigenvalue weighted by Gasteiger charge is 2.29. The van der Waals surface area contributed by atoms with Crippen molar-refractivity contribution in [2.75, 3.05) is 13.1 Å². The van der Waals surface area contributed by atoms with Crippen molar-refractivity contribution < 1.29 is 4.79 Å². The highest BCUT2D eigenvalue weighted by Crippen LogP contribution is 2.34. The fraction of sp³-hybridized carbons (Fsp3) is 0.524. The molecule has 2 fully saturated rings. The number of likely N-dealkylation sites (tertiary alicyclic amines) is 1. The number of nitrogens with one attached hydrogen (secondary N) is 1. The average Bonchev–Trinajstić information content (AvgIpc) is 3.34. The van der Waals surface area contributed by atoms with E-state index < -0.39 is 0 Å². The van der Waals surface area contributed by atoms with Crippen LogP contribution in [0.2, 0.25) is 0 Å². The quantitative estimate of drug-likeness (QED) is 0.901. The Bertz CT molecular complexity index is 703. The zero-order valence-electron chi connectivity index (χ0n) is 14.8. The van der Waals surface area contributed by atoms with Crippen LogP contribution in [-0.4, -0.2) is 34.1 Å². The molecule has 1 amide bonds. The van der Waals surface area contributed by atoms with E-state index in [9.17, 15) is 4.79 Å². The van der Waals surface area contributed by atoms with Gasteiger partial charge in [0, 0.05) is 36.7 Å². The molecule has 2 heterocycles. The summed E-state index contributed by atoms with van der Waals surface area (Å²) in [5.41, 5.74) is 3.56. The van der Waals surface area contributed by atoms with Crippen LogP contribution >= 0.6 is 0 Å². The van der Waals surface area contributed by atoms with E-state index in [0.29, 0.717) is 17.7 Å². The molecule has 1 saturated carbocycles. The Kier molecular flexibility index (Phi) is 4.86. The minimum absolute atomic E-state index is 0.359. The van der Waals surface area contributed by atoms with Crippen molar-refractivity contribution in [3.63, 3.8) is 0 Å². The molecule has 1 saturated heterocycles. The standard InChI is InChI=1S/C21H27N3O/c25-20(13-16-7-4-5-8-16)24-12-6-11-18(15-24)21-19(14-22-23-21)17-9-2-1-3-10-17/h1-3,9-10,14,16,18H,4-8,11-13,15H2,(H,22,23). The van der Waals surface area contributed by atoms with Gasteiger partial charge in [0.2, 0.25) is 5.91 Å². The number of carbonyl (C=O) groups excluding carboxylic acids is 1.